The van der Waals surface area contributed by atoms with Crippen molar-refractivity contribution >= 4 is 6.03 Å². The Morgan fingerprint density at radius 3 is 2.67 bits per heavy atom. The number of likely N-dealkylation sites (tertiary alicyclic amines) is 1. The fourth-order valence-corrected chi connectivity index (χ4v) is 4.00. The summed E-state index contributed by atoms with van der Waals surface area (Å²) in [5, 5.41) is 7.31. The number of benzene rings is 1. The van der Waals surface area contributed by atoms with Crippen molar-refractivity contribution < 1.29 is 14.1 Å². The van der Waals surface area contributed by atoms with Gasteiger partial charge in [0, 0.05) is 18.2 Å². The van der Waals surface area contributed by atoms with E-state index in [1.165, 1.54) is 19.3 Å². The molecule has 2 heterocycles. The Kier molecular flexibility index (Phi) is 5.27. The molecule has 0 unspecified atom stereocenters. The van der Waals surface area contributed by atoms with E-state index in [0.29, 0.717) is 17.8 Å². The summed E-state index contributed by atoms with van der Waals surface area (Å²) >= 11 is 0. The topological polar surface area (TPSA) is 80.5 Å². The normalized spacial score (nSPS) is 20.6. The molecule has 2 aromatic rings. The highest BCUT2D eigenvalue weighted by molar-refractivity contribution is 5.75. The van der Waals surface area contributed by atoms with Crippen LogP contribution in [0.2, 0.25) is 0 Å². The standard InChI is InChI=1S/C20H26N4O3/c1-26-16-11-9-14(10-12-16)18-22-19(27-23-18)17-8-5-13-24(17)20(25)21-15-6-3-2-4-7-15/h9-12,15,17H,2-8,13H2,1H3,(H,21,25)/t17-/m0/s1. The van der Waals surface area contributed by atoms with Crippen molar-refractivity contribution in [2.75, 3.05) is 13.7 Å². The number of nitrogens with zero attached hydrogens (tertiary/aromatic N) is 3. The first kappa shape index (κ1) is 17.8. The van der Waals surface area contributed by atoms with E-state index in [0.717, 1.165) is 43.5 Å². The number of amides is 2. The van der Waals surface area contributed by atoms with Crippen LogP contribution in [0.3, 0.4) is 0 Å². The van der Waals surface area contributed by atoms with E-state index < -0.39 is 0 Å². The molecule has 27 heavy (non-hydrogen) atoms. The Morgan fingerprint density at radius 1 is 1.15 bits per heavy atom. The van der Waals surface area contributed by atoms with Crippen LogP contribution >= 0.6 is 0 Å². The summed E-state index contributed by atoms with van der Waals surface area (Å²) in [5.74, 6) is 1.83. The molecule has 7 nitrogen and oxygen atoms in total. The number of carbonyl (C=O) groups is 1. The largest absolute Gasteiger partial charge is 0.497 e. The van der Waals surface area contributed by atoms with Gasteiger partial charge in [0.1, 0.15) is 11.8 Å². The minimum atomic E-state index is -0.145. The van der Waals surface area contributed by atoms with Crippen LogP contribution in [0.1, 0.15) is 56.9 Å². The molecule has 1 N–H and O–H groups in total. The molecule has 1 aliphatic heterocycles. The molecule has 2 aliphatic rings. The molecule has 1 saturated heterocycles. The van der Waals surface area contributed by atoms with Gasteiger partial charge in [0.25, 0.3) is 0 Å². The molecule has 1 aliphatic carbocycles. The van der Waals surface area contributed by atoms with Gasteiger partial charge in [-0.3, -0.25) is 0 Å². The first-order valence-electron chi connectivity index (χ1n) is 9.80. The third-order valence-electron chi connectivity index (χ3n) is 5.52. The summed E-state index contributed by atoms with van der Waals surface area (Å²) < 4.78 is 10.7. The van der Waals surface area contributed by atoms with Crippen LogP contribution in [-0.2, 0) is 0 Å². The lowest BCUT2D eigenvalue weighted by molar-refractivity contribution is 0.173. The quantitative estimate of drug-likeness (QED) is 0.882. The average Bonchev–Trinajstić information content (AvgIpc) is 3.38. The van der Waals surface area contributed by atoms with Gasteiger partial charge in [-0.05, 0) is 49.9 Å². The molecule has 4 rings (SSSR count). The number of ether oxygens (including phenoxy) is 1. The Hall–Kier alpha value is -2.57. The molecule has 0 radical (unpaired) electrons. The fraction of sp³-hybridized carbons (Fsp3) is 0.550. The zero-order valence-electron chi connectivity index (χ0n) is 15.7. The maximum Gasteiger partial charge on any atom is 0.318 e. The fourth-order valence-electron chi connectivity index (χ4n) is 4.00. The summed E-state index contributed by atoms with van der Waals surface area (Å²) in [6.07, 6.45) is 7.62. The number of urea groups is 1. The van der Waals surface area contributed by atoms with Gasteiger partial charge in [-0.15, -0.1) is 0 Å². The number of aromatic nitrogens is 2. The lowest BCUT2D eigenvalue weighted by Gasteiger charge is -2.28. The third kappa shape index (κ3) is 3.91. The zero-order valence-corrected chi connectivity index (χ0v) is 15.7. The molecule has 1 aromatic heterocycles. The van der Waals surface area contributed by atoms with Crippen molar-refractivity contribution in [1.82, 2.24) is 20.4 Å². The van der Waals surface area contributed by atoms with Crippen LogP contribution in [0.15, 0.2) is 28.8 Å². The Morgan fingerprint density at radius 2 is 1.93 bits per heavy atom. The van der Waals surface area contributed by atoms with Gasteiger partial charge in [-0.2, -0.15) is 4.98 Å². The smallest absolute Gasteiger partial charge is 0.318 e. The summed E-state index contributed by atoms with van der Waals surface area (Å²) in [5.41, 5.74) is 0.863. The molecule has 0 bridgehead atoms. The second-order valence-electron chi connectivity index (χ2n) is 7.32. The first-order chi connectivity index (χ1) is 13.2. The third-order valence-corrected chi connectivity index (χ3v) is 5.52. The van der Waals surface area contributed by atoms with E-state index >= 15 is 0 Å². The van der Waals surface area contributed by atoms with E-state index in [9.17, 15) is 4.79 Å². The van der Waals surface area contributed by atoms with Crippen molar-refractivity contribution in [2.45, 2.75) is 57.0 Å². The second kappa shape index (κ2) is 7.98. The summed E-state index contributed by atoms with van der Waals surface area (Å²) in [4.78, 5) is 19.2. The predicted octanol–water partition coefficient (Wildman–Crippen LogP) is 3.92. The number of carbonyl (C=O) groups excluding carboxylic acids is 1. The zero-order chi connectivity index (χ0) is 18.6. The molecular weight excluding hydrogens is 344 g/mol. The van der Waals surface area contributed by atoms with E-state index in [1.807, 2.05) is 29.2 Å². The molecule has 1 atom stereocenters. The molecule has 144 valence electrons. The van der Waals surface area contributed by atoms with Crippen molar-refractivity contribution in [2.24, 2.45) is 0 Å². The van der Waals surface area contributed by atoms with Gasteiger partial charge in [-0.25, -0.2) is 4.79 Å². The number of rotatable bonds is 4. The highest BCUT2D eigenvalue weighted by Gasteiger charge is 2.35. The maximum absolute atomic E-state index is 12.8. The molecule has 7 heteroatoms. The minimum Gasteiger partial charge on any atom is -0.497 e. The predicted molar refractivity (Wildman–Crippen MR) is 100 cm³/mol. The number of nitrogens with one attached hydrogen (secondary N) is 1. The monoisotopic (exact) mass is 370 g/mol. The second-order valence-corrected chi connectivity index (χ2v) is 7.32. The number of hydrogen-bond acceptors (Lipinski definition) is 5. The first-order valence-corrected chi connectivity index (χ1v) is 9.80. The molecule has 1 saturated carbocycles. The van der Waals surface area contributed by atoms with Crippen LogP contribution in [0, 0.1) is 0 Å². The summed E-state index contributed by atoms with van der Waals surface area (Å²) in [6, 6.07) is 7.67. The average molecular weight is 370 g/mol. The van der Waals surface area contributed by atoms with Gasteiger partial charge in [0.05, 0.1) is 7.11 Å². The van der Waals surface area contributed by atoms with E-state index in [2.05, 4.69) is 15.5 Å². The summed E-state index contributed by atoms with van der Waals surface area (Å²) in [7, 11) is 1.63. The SMILES string of the molecule is COc1ccc(-c2noc([C@@H]3CCCN3C(=O)NC3CCCCC3)n2)cc1. The van der Waals surface area contributed by atoms with Crippen LogP contribution in [0.4, 0.5) is 4.79 Å². The van der Waals surface area contributed by atoms with Gasteiger partial charge in [0.15, 0.2) is 0 Å². The van der Waals surface area contributed by atoms with Crippen molar-refractivity contribution in [3.05, 3.63) is 30.2 Å². The highest BCUT2D eigenvalue weighted by Crippen LogP contribution is 2.32. The van der Waals surface area contributed by atoms with Gasteiger partial charge in [-0.1, -0.05) is 24.4 Å². The van der Waals surface area contributed by atoms with Crippen molar-refractivity contribution in [3.8, 4) is 17.1 Å². The lowest BCUT2D eigenvalue weighted by atomic mass is 9.96. The Balaban J connectivity index is 1.45. The van der Waals surface area contributed by atoms with E-state index in [-0.39, 0.29) is 12.1 Å². The van der Waals surface area contributed by atoms with Gasteiger partial charge < -0.3 is 19.5 Å². The summed E-state index contributed by atoms with van der Waals surface area (Å²) in [6.45, 7) is 0.726. The van der Waals surface area contributed by atoms with E-state index in [1.54, 1.807) is 7.11 Å². The Bertz CT molecular complexity index is 768. The van der Waals surface area contributed by atoms with Crippen molar-refractivity contribution in [1.29, 1.82) is 0 Å². The number of hydrogen-bond donors (Lipinski definition) is 1. The molecule has 2 fully saturated rings. The number of methoxy groups -OCH3 is 1. The van der Waals surface area contributed by atoms with Crippen LogP contribution in [0.5, 0.6) is 5.75 Å². The lowest BCUT2D eigenvalue weighted by Crippen LogP contribution is -2.45. The Labute approximate surface area is 159 Å². The van der Waals surface area contributed by atoms with Crippen LogP contribution < -0.4 is 10.1 Å². The van der Waals surface area contributed by atoms with Crippen molar-refractivity contribution in [3.63, 3.8) is 0 Å². The molecular formula is C20H26N4O3. The van der Waals surface area contributed by atoms with Crippen LogP contribution in [-0.4, -0.2) is 40.8 Å². The minimum absolute atomic E-state index is 0.00593. The highest BCUT2D eigenvalue weighted by atomic mass is 16.5. The van der Waals surface area contributed by atoms with Crippen LogP contribution in [0.25, 0.3) is 11.4 Å². The molecule has 2 amide bonds. The maximum atomic E-state index is 12.8. The van der Waals surface area contributed by atoms with E-state index in [4.69, 9.17) is 9.26 Å². The molecule has 1 aromatic carbocycles. The van der Waals surface area contributed by atoms with Gasteiger partial charge in [0.2, 0.25) is 11.7 Å². The van der Waals surface area contributed by atoms with Gasteiger partial charge >= 0.3 is 6.03 Å². The molecule has 0 spiro atoms.